The van der Waals surface area contributed by atoms with Crippen LogP contribution in [0.3, 0.4) is 0 Å². The van der Waals surface area contributed by atoms with Gasteiger partial charge in [-0.2, -0.15) is 13.2 Å². The molecule has 0 unspecified atom stereocenters. The van der Waals surface area contributed by atoms with Crippen LogP contribution in [0.5, 0.6) is 17.4 Å². The highest BCUT2D eigenvalue weighted by atomic mass is 19.4. The summed E-state index contributed by atoms with van der Waals surface area (Å²) in [6, 6.07) is 14.3. The zero-order valence-electron chi connectivity index (χ0n) is 17.3. The number of amides is 1. The lowest BCUT2D eigenvalue weighted by Crippen LogP contribution is -2.49. The van der Waals surface area contributed by atoms with E-state index in [0.717, 1.165) is 17.8 Å². The van der Waals surface area contributed by atoms with Gasteiger partial charge in [-0.3, -0.25) is 0 Å². The van der Waals surface area contributed by atoms with E-state index < -0.39 is 17.8 Å². The molecule has 0 radical (unpaired) electrons. The number of hydrogen-bond donors (Lipinski definition) is 0. The molecule has 0 spiro atoms. The van der Waals surface area contributed by atoms with Gasteiger partial charge in [-0.05, 0) is 54.6 Å². The van der Waals surface area contributed by atoms with Crippen LogP contribution in [0.2, 0.25) is 0 Å². The summed E-state index contributed by atoms with van der Waals surface area (Å²) in [6.07, 6.45) is -4.27. The van der Waals surface area contributed by atoms with Gasteiger partial charge in [0.15, 0.2) is 0 Å². The number of hydrogen-bond acceptors (Lipinski definition) is 5. The zero-order valence-corrected chi connectivity index (χ0v) is 17.3. The van der Waals surface area contributed by atoms with Crippen molar-refractivity contribution in [2.75, 3.05) is 31.1 Å². The number of benzene rings is 2. The molecule has 1 aliphatic heterocycles. The molecule has 0 bridgehead atoms. The second kappa shape index (κ2) is 9.35. The number of anilines is 1. The molecule has 0 saturated carbocycles. The Kier molecular flexibility index (Phi) is 6.34. The molecular formula is C23H19F4N3O3. The van der Waals surface area contributed by atoms with Crippen molar-refractivity contribution in [1.29, 1.82) is 0 Å². The largest absolute Gasteiger partial charge is 0.439 e. The molecule has 1 aromatic heterocycles. The van der Waals surface area contributed by atoms with Gasteiger partial charge in [0.1, 0.15) is 17.3 Å². The summed E-state index contributed by atoms with van der Waals surface area (Å²) in [5, 5.41) is 0. The summed E-state index contributed by atoms with van der Waals surface area (Å²) in [5.41, 5.74) is 0.0261. The van der Waals surface area contributed by atoms with Gasteiger partial charge < -0.3 is 19.3 Å². The molecule has 0 N–H and O–H groups in total. The molecule has 1 fully saturated rings. The molecule has 10 heteroatoms. The van der Waals surface area contributed by atoms with E-state index in [2.05, 4.69) is 9.88 Å². The molecule has 1 aliphatic rings. The van der Waals surface area contributed by atoms with Crippen molar-refractivity contribution in [3.05, 3.63) is 78.2 Å². The van der Waals surface area contributed by atoms with Crippen molar-refractivity contribution in [3.63, 3.8) is 0 Å². The first kappa shape index (κ1) is 22.4. The third kappa shape index (κ3) is 5.71. The molecule has 172 valence electrons. The van der Waals surface area contributed by atoms with Crippen LogP contribution in [0.4, 0.5) is 28.0 Å². The molecular weight excluding hydrogens is 442 g/mol. The number of carbonyl (C=O) groups excluding carboxylic acids is 1. The highest BCUT2D eigenvalue weighted by molar-refractivity contribution is 5.71. The predicted molar refractivity (Wildman–Crippen MR) is 112 cm³/mol. The van der Waals surface area contributed by atoms with Gasteiger partial charge >= 0.3 is 12.3 Å². The molecule has 1 amide bonds. The Morgan fingerprint density at radius 3 is 2.06 bits per heavy atom. The van der Waals surface area contributed by atoms with E-state index in [4.69, 9.17) is 9.47 Å². The highest BCUT2D eigenvalue weighted by Crippen LogP contribution is 2.30. The Morgan fingerprint density at radius 1 is 0.848 bits per heavy atom. The summed E-state index contributed by atoms with van der Waals surface area (Å²) in [7, 11) is 0. The summed E-state index contributed by atoms with van der Waals surface area (Å²) in [6.45, 7) is 2.09. The van der Waals surface area contributed by atoms with Gasteiger partial charge in [0.05, 0.1) is 5.56 Å². The second-order valence-electron chi connectivity index (χ2n) is 7.27. The number of alkyl halides is 3. The molecule has 0 aliphatic carbocycles. The van der Waals surface area contributed by atoms with Crippen LogP contribution in [0.1, 0.15) is 5.56 Å². The van der Waals surface area contributed by atoms with E-state index >= 15 is 0 Å². The summed E-state index contributed by atoms with van der Waals surface area (Å²) in [4.78, 5) is 19.7. The minimum absolute atomic E-state index is 0.00627. The summed E-state index contributed by atoms with van der Waals surface area (Å²) >= 11 is 0. The molecule has 4 rings (SSSR count). The molecule has 2 heterocycles. The number of rotatable bonds is 4. The van der Waals surface area contributed by atoms with Gasteiger partial charge in [0.2, 0.25) is 5.88 Å². The van der Waals surface area contributed by atoms with Crippen molar-refractivity contribution in [2.24, 2.45) is 0 Å². The van der Waals surface area contributed by atoms with Crippen LogP contribution < -0.4 is 14.4 Å². The fourth-order valence-corrected chi connectivity index (χ4v) is 3.27. The number of ether oxygens (including phenoxy) is 2. The van der Waals surface area contributed by atoms with Crippen LogP contribution in [0.25, 0.3) is 0 Å². The van der Waals surface area contributed by atoms with Crippen molar-refractivity contribution >= 4 is 11.8 Å². The van der Waals surface area contributed by atoms with E-state index in [0.29, 0.717) is 43.9 Å². The first-order valence-electron chi connectivity index (χ1n) is 10.1. The van der Waals surface area contributed by atoms with Crippen molar-refractivity contribution < 1.29 is 31.8 Å². The molecule has 1 saturated heterocycles. The first-order valence-corrected chi connectivity index (χ1v) is 10.1. The number of aromatic nitrogens is 1. The second-order valence-corrected chi connectivity index (χ2v) is 7.27. The number of halogens is 4. The maximum Gasteiger partial charge on any atom is 0.417 e. The average molecular weight is 461 g/mol. The number of piperazine rings is 1. The van der Waals surface area contributed by atoms with Gasteiger partial charge in [-0.15, -0.1) is 0 Å². The van der Waals surface area contributed by atoms with Gasteiger partial charge in [-0.1, -0.05) is 0 Å². The van der Waals surface area contributed by atoms with Gasteiger partial charge in [0.25, 0.3) is 0 Å². The van der Waals surface area contributed by atoms with Gasteiger partial charge in [-0.25, -0.2) is 14.2 Å². The van der Waals surface area contributed by atoms with Crippen LogP contribution in [0.15, 0.2) is 66.9 Å². The molecule has 2 aromatic carbocycles. The van der Waals surface area contributed by atoms with Crippen LogP contribution in [-0.4, -0.2) is 42.2 Å². The standard InChI is InChI=1S/C23H19F4N3O3/c24-17-2-4-18(5-3-17)29-11-13-30(14-12-29)22(31)33-20-8-6-19(7-9-20)32-21-10-1-16(15-28-21)23(25,26)27/h1-10,15H,11-14H2. The Balaban J connectivity index is 1.28. The number of nitrogens with zero attached hydrogens (tertiary/aromatic N) is 3. The quantitative estimate of drug-likeness (QED) is 0.490. The average Bonchev–Trinajstić information content (AvgIpc) is 2.81. The molecule has 6 nitrogen and oxygen atoms in total. The number of carbonyl (C=O) groups is 1. The molecule has 33 heavy (non-hydrogen) atoms. The lowest BCUT2D eigenvalue weighted by atomic mass is 10.2. The van der Waals surface area contributed by atoms with Gasteiger partial charge in [0, 0.05) is 44.1 Å². The van der Waals surface area contributed by atoms with Crippen LogP contribution in [-0.2, 0) is 6.18 Å². The Labute approximate surface area is 187 Å². The lowest BCUT2D eigenvalue weighted by molar-refractivity contribution is -0.137. The third-order valence-corrected chi connectivity index (χ3v) is 5.04. The van der Waals surface area contributed by atoms with Crippen molar-refractivity contribution in [1.82, 2.24) is 9.88 Å². The minimum Gasteiger partial charge on any atom is -0.439 e. The fraction of sp³-hybridized carbons (Fsp3) is 0.217. The molecule has 3 aromatic rings. The first-order chi connectivity index (χ1) is 15.8. The maximum atomic E-state index is 13.1. The Hall–Kier alpha value is -3.82. The molecule has 0 atom stereocenters. The number of pyridine rings is 1. The van der Waals surface area contributed by atoms with E-state index in [-0.39, 0.29) is 11.7 Å². The van der Waals surface area contributed by atoms with E-state index in [1.807, 2.05) is 0 Å². The van der Waals surface area contributed by atoms with E-state index in [1.165, 1.54) is 36.4 Å². The highest BCUT2D eigenvalue weighted by Gasteiger charge is 2.30. The SMILES string of the molecule is O=C(Oc1ccc(Oc2ccc(C(F)(F)F)cn2)cc1)N1CCN(c2ccc(F)cc2)CC1. The summed E-state index contributed by atoms with van der Waals surface area (Å²) < 4.78 is 61.7. The van der Waals surface area contributed by atoms with E-state index in [9.17, 15) is 22.4 Å². The smallest absolute Gasteiger partial charge is 0.417 e. The minimum atomic E-state index is -4.47. The topological polar surface area (TPSA) is 54.9 Å². The third-order valence-electron chi connectivity index (χ3n) is 5.04. The zero-order chi connectivity index (χ0) is 23.4. The van der Waals surface area contributed by atoms with Crippen LogP contribution in [0, 0.1) is 5.82 Å². The monoisotopic (exact) mass is 461 g/mol. The maximum absolute atomic E-state index is 13.1. The van der Waals surface area contributed by atoms with Crippen molar-refractivity contribution in [3.8, 4) is 17.4 Å². The van der Waals surface area contributed by atoms with Crippen molar-refractivity contribution in [2.45, 2.75) is 6.18 Å². The Bertz CT molecular complexity index is 1080. The van der Waals surface area contributed by atoms with Crippen LogP contribution >= 0.6 is 0 Å². The Morgan fingerprint density at radius 2 is 1.48 bits per heavy atom. The predicted octanol–water partition coefficient (Wildman–Crippen LogP) is 5.35. The fourth-order valence-electron chi connectivity index (χ4n) is 3.27. The van der Waals surface area contributed by atoms with E-state index in [1.54, 1.807) is 17.0 Å². The summed E-state index contributed by atoms with van der Waals surface area (Å²) in [5.74, 6) is 0.337. The lowest BCUT2D eigenvalue weighted by Gasteiger charge is -2.35. The normalized spacial score (nSPS) is 14.2.